The zero-order chi connectivity index (χ0) is 26.7. The fourth-order valence-electron chi connectivity index (χ4n) is 3.79. The van der Waals surface area contributed by atoms with Gasteiger partial charge in [0, 0.05) is 12.4 Å². The molecule has 1 aliphatic heterocycles. The lowest BCUT2D eigenvalue weighted by atomic mass is 10.2. The average molecular weight is 554 g/mol. The van der Waals surface area contributed by atoms with Crippen LogP contribution in [-0.4, -0.2) is 66.9 Å². The predicted octanol–water partition coefficient (Wildman–Crippen LogP) is 3.13. The average Bonchev–Trinajstić information content (AvgIpc) is 3.32. The highest BCUT2D eigenvalue weighted by Crippen LogP contribution is 2.46. The number of aryl methyl sites for hydroxylation is 1. The predicted molar refractivity (Wildman–Crippen MR) is 134 cm³/mol. The zero-order valence-electron chi connectivity index (χ0n) is 20.7. The third-order valence-corrected chi connectivity index (χ3v) is 7.61. The molecule has 0 amide bonds. The summed E-state index contributed by atoms with van der Waals surface area (Å²) in [6.45, 7) is 6.28. The van der Waals surface area contributed by atoms with Gasteiger partial charge in [-0.2, -0.15) is 5.09 Å². The van der Waals surface area contributed by atoms with Gasteiger partial charge in [0.15, 0.2) is 17.5 Å². The van der Waals surface area contributed by atoms with Crippen LogP contribution in [0.2, 0.25) is 0 Å². The Morgan fingerprint density at radius 3 is 2.65 bits per heavy atom. The molecule has 0 bridgehead atoms. The first kappa shape index (κ1) is 27.4. The lowest BCUT2D eigenvalue weighted by Crippen LogP contribution is -2.37. The number of nitrogens with zero attached hydrogens (tertiary/aromatic N) is 4. The van der Waals surface area contributed by atoms with E-state index in [1.165, 1.54) is 19.3 Å². The van der Waals surface area contributed by atoms with Crippen LogP contribution < -0.4 is 9.61 Å². The minimum Gasteiger partial charge on any atom is -0.462 e. The largest absolute Gasteiger partial charge is 0.462 e. The number of aliphatic hydroxyl groups is 1. The van der Waals surface area contributed by atoms with E-state index in [2.05, 4.69) is 20.0 Å². The minimum absolute atomic E-state index is 0.253. The molecule has 1 aromatic carbocycles. The highest BCUT2D eigenvalue weighted by atomic mass is 35.5. The number of para-hydroxylation sites is 1. The summed E-state index contributed by atoms with van der Waals surface area (Å²) in [5, 5.41) is 12.5. The summed E-state index contributed by atoms with van der Waals surface area (Å²) in [6.07, 6.45) is -0.327. The molecule has 0 aliphatic carbocycles. The Morgan fingerprint density at radius 1 is 1.24 bits per heavy atom. The molecule has 0 unspecified atom stereocenters. The van der Waals surface area contributed by atoms with Crippen molar-refractivity contribution in [3.05, 3.63) is 48.5 Å². The van der Waals surface area contributed by atoms with E-state index in [-0.39, 0.29) is 18.5 Å². The molecule has 37 heavy (non-hydrogen) atoms. The topological polar surface area (TPSA) is 147 Å². The highest BCUT2D eigenvalue weighted by molar-refractivity contribution is 7.52. The molecule has 0 spiro atoms. The van der Waals surface area contributed by atoms with E-state index in [9.17, 15) is 14.5 Å². The Kier molecular flexibility index (Phi) is 8.47. The lowest BCUT2D eigenvalue weighted by Gasteiger charge is -2.25. The van der Waals surface area contributed by atoms with Gasteiger partial charge in [0.25, 0.3) is 0 Å². The maximum absolute atomic E-state index is 13.7. The van der Waals surface area contributed by atoms with Crippen molar-refractivity contribution >= 4 is 36.6 Å². The second-order valence-electron chi connectivity index (χ2n) is 8.77. The number of esters is 1. The Balaban J connectivity index is 1.51. The molecule has 0 saturated carbocycles. The van der Waals surface area contributed by atoms with Crippen molar-refractivity contribution in [2.75, 3.05) is 6.61 Å². The molecule has 200 valence electrons. The molecule has 14 heteroatoms. The van der Waals surface area contributed by atoms with Crippen molar-refractivity contribution in [2.24, 2.45) is 0 Å². The van der Waals surface area contributed by atoms with Gasteiger partial charge in [0.05, 0.1) is 12.7 Å². The van der Waals surface area contributed by atoms with Crippen LogP contribution in [0.5, 0.6) is 5.75 Å². The quantitative estimate of drug-likeness (QED) is 0.217. The third kappa shape index (κ3) is 6.28. The van der Waals surface area contributed by atoms with Crippen LogP contribution in [0.15, 0.2) is 42.7 Å². The normalized spacial score (nSPS) is 24.2. The fraction of sp³-hybridized carbons (Fsp3) is 0.478. The molecular formula is C23H29ClN5O7P. The molecule has 1 saturated heterocycles. The molecule has 2 aromatic heterocycles. The van der Waals surface area contributed by atoms with E-state index in [0.717, 1.165) is 0 Å². The maximum Gasteiger partial charge on any atom is 0.459 e. The Labute approximate surface area is 218 Å². The molecule has 3 heterocycles. The van der Waals surface area contributed by atoms with E-state index in [1.54, 1.807) is 55.7 Å². The number of aliphatic hydroxyl groups excluding tert-OH is 1. The molecular weight excluding hydrogens is 525 g/mol. The van der Waals surface area contributed by atoms with E-state index >= 15 is 0 Å². The molecule has 0 radical (unpaired) electrons. The van der Waals surface area contributed by atoms with Gasteiger partial charge in [-0.1, -0.05) is 18.2 Å². The molecule has 1 fully saturated rings. The maximum atomic E-state index is 13.7. The van der Waals surface area contributed by atoms with Gasteiger partial charge in [0.1, 0.15) is 35.2 Å². The minimum atomic E-state index is -4.15. The van der Waals surface area contributed by atoms with Crippen LogP contribution in [0.3, 0.4) is 0 Å². The molecule has 12 nitrogen and oxygen atoms in total. The van der Waals surface area contributed by atoms with Crippen molar-refractivity contribution in [2.45, 2.75) is 63.7 Å². The van der Waals surface area contributed by atoms with Crippen LogP contribution in [0, 0.1) is 6.92 Å². The number of imidazole rings is 1. The van der Waals surface area contributed by atoms with Crippen molar-refractivity contribution in [1.29, 1.82) is 0 Å². The Morgan fingerprint density at radius 2 is 1.95 bits per heavy atom. The molecule has 2 N–H and O–H groups in total. The van der Waals surface area contributed by atoms with E-state index < -0.39 is 43.6 Å². The SMILES string of the molecule is Cc1nc2nccnc2n1[C@@H]1O[C@H](CO[P@](=O)(N[C@H](C)C(=O)OC(C)C)Oc2ccccc2)[C@@H](O)[C@@H]1Cl. The number of carbonyl (C=O) groups excluding carboxylic acids is 1. The van der Waals surface area contributed by atoms with Crippen LogP contribution in [-0.2, 0) is 23.4 Å². The first-order valence-corrected chi connectivity index (χ1v) is 13.7. The standard InChI is InChI=1S/C23H29ClN5O7P/c1-13(2)34-23(31)14(3)28-37(32,36-16-8-6-5-7-9-16)33-12-17-19(30)18(24)22(35-17)29-15(4)27-20-21(29)26-11-10-25-20/h5-11,13-14,17-19,22,30H,12H2,1-4H3,(H,28,32)/t14-,17-,18+,19-,22-,37-/m1/s1. The smallest absolute Gasteiger partial charge is 0.459 e. The Bertz CT molecular complexity index is 1280. The van der Waals surface area contributed by atoms with Crippen molar-refractivity contribution < 1.29 is 33.0 Å². The summed E-state index contributed by atoms with van der Waals surface area (Å²) in [7, 11) is -4.15. The summed E-state index contributed by atoms with van der Waals surface area (Å²) >= 11 is 6.54. The van der Waals surface area contributed by atoms with E-state index in [0.29, 0.717) is 17.1 Å². The van der Waals surface area contributed by atoms with Crippen molar-refractivity contribution in [1.82, 2.24) is 24.6 Å². The third-order valence-electron chi connectivity index (χ3n) is 5.49. The van der Waals surface area contributed by atoms with Gasteiger partial charge in [-0.3, -0.25) is 13.9 Å². The molecule has 6 atom stereocenters. The first-order valence-electron chi connectivity index (χ1n) is 11.7. The number of rotatable bonds is 10. The number of fused-ring (bicyclic) bond motifs is 1. The number of halogens is 1. The van der Waals surface area contributed by atoms with Gasteiger partial charge in [-0.15, -0.1) is 11.6 Å². The lowest BCUT2D eigenvalue weighted by molar-refractivity contribution is -0.149. The zero-order valence-corrected chi connectivity index (χ0v) is 22.4. The fourth-order valence-corrected chi connectivity index (χ4v) is 5.63. The molecule has 3 aromatic rings. The summed E-state index contributed by atoms with van der Waals surface area (Å²) < 4.78 is 37.8. The summed E-state index contributed by atoms with van der Waals surface area (Å²) in [5.41, 5.74) is 0.857. The second-order valence-corrected chi connectivity index (χ2v) is 11.0. The van der Waals surface area contributed by atoms with Gasteiger partial charge < -0.3 is 19.1 Å². The van der Waals surface area contributed by atoms with Crippen LogP contribution in [0.25, 0.3) is 11.3 Å². The number of hydrogen-bond donors (Lipinski definition) is 2. The van der Waals surface area contributed by atoms with Gasteiger partial charge >= 0.3 is 13.7 Å². The summed E-state index contributed by atoms with van der Waals surface area (Å²) in [4.78, 5) is 25.2. The molecule has 1 aliphatic rings. The van der Waals surface area contributed by atoms with E-state index in [4.69, 9.17) is 30.1 Å². The van der Waals surface area contributed by atoms with Crippen LogP contribution in [0.1, 0.15) is 32.8 Å². The van der Waals surface area contributed by atoms with Gasteiger partial charge in [-0.25, -0.2) is 19.5 Å². The van der Waals surface area contributed by atoms with Gasteiger partial charge in [-0.05, 0) is 39.8 Å². The number of hydrogen-bond acceptors (Lipinski definition) is 10. The van der Waals surface area contributed by atoms with E-state index in [1.807, 2.05) is 0 Å². The number of benzene rings is 1. The number of alkyl halides is 1. The second kappa shape index (κ2) is 11.4. The number of nitrogens with one attached hydrogen (secondary N) is 1. The number of ether oxygens (including phenoxy) is 2. The molecule has 4 rings (SSSR count). The number of aromatic nitrogens is 4. The summed E-state index contributed by atoms with van der Waals surface area (Å²) in [5.74, 6) is 0.169. The first-order chi connectivity index (χ1) is 17.6. The van der Waals surface area contributed by atoms with Gasteiger partial charge in [0.2, 0.25) is 0 Å². The van der Waals surface area contributed by atoms with Crippen LogP contribution >= 0.6 is 19.3 Å². The Hall–Kier alpha value is -2.60. The number of carbonyl (C=O) groups is 1. The van der Waals surface area contributed by atoms with Crippen molar-refractivity contribution in [3.63, 3.8) is 0 Å². The monoisotopic (exact) mass is 553 g/mol. The van der Waals surface area contributed by atoms with Crippen molar-refractivity contribution in [3.8, 4) is 5.75 Å². The van der Waals surface area contributed by atoms with Crippen LogP contribution in [0.4, 0.5) is 0 Å². The highest BCUT2D eigenvalue weighted by Gasteiger charge is 2.46. The summed E-state index contributed by atoms with van der Waals surface area (Å²) in [6, 6.07) is 7.33.